The molecule has 0 saturated carbocycles. The van der Waals surface area contributed by atoms with Gasteiger partial charge in [0.2, 0.25) is 5.91 Å². The van der Waals surface area contributed by atoms with Crippen LogP contribution in [0.3, 0.4) is 0 Å². The number of thiocarbonyl (C=S) groups is 1. The first kappa shape index (κ1) is 21.3. The van der Waals surface area contributed by atoms with Gasteiger partial charge in [-0.15, -0.1) is 0 Å². The van der Waals surface area contributed by atoms with Crippen LogP contribution in [-0.4, -0.2) is 34.9 Å². The lowest BCUT2D eigenvalue weighted by Gasteiger charge is -2.26. The van der Waals surface area contributed by atoms with E-state index < -0.39 is 0 Å². The Balaban J connectivity index is 1.47. The summed E-state index contributed by atoms with van der Waals surface area (Å²) in [6.45, 7) is 1.65. The third-order valence-corrected chi connectivity index (χ3v) is 5.44. The minimum absolute atomic E-state index is 0.0618. The van der Waals surface area contributed by atoms with Crippen LogP contribution >= 0.6 is 23.8 Å². The number of hydrogen-bond donors (Lipinski definition) is 2. The standard InChI is InChI=1S/C22H24ClN3O2S/c23-19-7-3-2-6-16(19)10-13-20(27)25-22(29)24-18-11-8-17(9-12-18)21(28)26-14-4-1-5-15-26/h2-3,6-9,11-12H,1,4-5,10,13-15H2,(H2,24,25,27,29). The highest BCUT2D eigenvalue weighted by Gasteiger charge is 2.18. The van der Waals surface area contributed by atoms with Gasteiger partial charge in [-0.05, 0) is 73.8 Å². The molecule has 0 unspecified atom stereocenters. The number of likely N-dealkylation sites (tertiary alicyclic amines) is 1. The maximum atomic E-state index is 12.5. The number of piperidine rings is 1. The smallest absolute Gasteiger partial charge is 0.253 e. The van der Waals surface area contributed by atoms with Crippen molar-refractivity contribution in [2.45, 2.75) is 32.1 Å². The SMILES string of the molecule is O=C(CCc1ccccc1Cl)NC(=S)Nc1ccc(C(=O)N2CCCCC2)cc1. The number of hydrogen-bond acceptors (Lipinski definition) is 3. The van der Waals surface area contributed by atoms with Crippen LogP contribution < -0.4 is 10.6 Å². The molecule has 7 heteroatoms. The van der Waals surface area contributed by atoms with Gasteiger partial charge in [0, 0.05) is 35.8 Å². The van der Waals surface area contributed by atoms with Crippen molar-refractivity contribution in [1.29, 1.82) is 0 Å². The highest BCUT2D eigenvalue weighted by atomic mass is 35.5. The number of amides is 2. The number of anilines is 1. The van der Waals surface area contributed by atoms with Crippen LogP contribution in [0.25, 0.3) is 0 Å². The molecule has 1 heterocycles. The van der Waals surface area contributed by atoms with Gasteiger partial charge >= 0.3 is 0 Å². The van der Waals surface area contributed by atoms with Gasteiger partial charge in [0.15, 0.2) is 5.11 Å². The predicted octanol–water partition coefficient (Wildman–Crippen LogP) is 4.41. The highest BCUT2D eigenvalue weighted by Crippen LogP contribution is 2.17. The summed E-state index contributed by atoms with van der Waals surface area (Å²) in [6.07, 6.45) is 4.15. The van der Waals surface area contributed by atoms with E-state index >= 15 is 0 Å². The number of nitrogens with zero attached hydrogens (tertiary/aromatic N) is 1. The maximum Gasteiger partial charge on any atom is 0.253 e. The fourth-order valence-electron chi connectivity index (χ4n) is 3.28. The highest BCUT2D eigenvalue weighted by molar-refractivity contribution is 7.80. The number of carbonyl (C=O) groups is 2. The van der Waals surface area contributed by atoms with Crippen molar-refractivity contribution < 1.29 is 9.59 Å². The van der Waals surface area contributed by atoms with Crippen molar-refractivity contribution >= 4 is 46.4 Å². The number of rotatable bonds is 5. The molecule has 29 heavy (non-hydrogen) atoms. The van der Waals surface area contributed by atoms with E-state index in [1.54, 1.807) is 30.3 Å². The zero-order valence-corrected chi connectivity index (χ0v) is 17.7. The van der Waals surface area contributed by atoms with E-state index in [-0.39, 0.29) is 23.3 Å². The molecule has 0 atom stereocenters. The summed E-state index contributed by atoms with van der Waals surface area (Å²) < 4.78 is 0. The van der Waals surface area contributed by atoms with E-state index in [0.717, 1.165) is 37.2 Å². The minimum Gasteiger partial charge on any atom is -0.339 e. The van der Waals surface area contributed by atoms with Gasteiger partial charge in [-0.1, -0.05) is 29.8 Å². The lowest BCUT2D eigenvalue weighted by atomic mass is 10.1. The second-order valence-electron chi connectivity index (χ2n) is 7.02. The Kier molecular flexibility index (Phi) is 7.61. The Bertz CT molecular complexity index is 880. The lowest BCUT2D eigenvalue weighted by Crippen LogP contribution is -2.35. The molecule has 1 fully saturated rings. The summed E-state index contributed by atoms with van der Waals surface area (Å²) in [5, 5.41) is 6.53. The van der Waals surface area contributed by atoms with Crippen molar-refractivity contribution in [2.75, 3.05) is 18.4 Å². The summed E-state index contributed by atoms with van der Waals surface area (Å²) in [5.41, 5.74) is 2.31. The molecule has 1 aliphatic heterocycles. The predicted molar refractivity (Wildman–Crippen MR) is 120 cm³/mol. The molecular weight excluding hydrogens is 406 g/mol. The largest absolute Gasteiger partial charge is 0.339 e. The van der Waals surface area contributed by atoms with E-state index in [1.807, 2.05) is 23.1 Å². The number of aryl methyl sites for hydroxylation is 1. The van der Waals surface area contributed by atoms with E-state index in [9.17, 15) is 9.59 Å². The zero-order valence-electron chi connectivity index (χ0n) is 16.1. The van der Waals surface area contributed by atoms with Gasteiger partial charge < -0.3 is 15.5 Å². The fourth-order valence-corrected chi connectivity index (χ4v) is 3.74. The molecule has 2 amide bonds. The van der Waals surface area contributed by atoms with Crippen LogP contribution in [0.4, 0.5) is 5.69 Å². The average molecular weight is 430 g/mol. The molecule has 5 nitrogen and oxygen atoms in total. The Morgan fingerprint density at radius 2 is 1.69 bits per heavy atom. The molecule has 152 valence electrons. The van der Waals surface area contributed by atoms with Crippen molar-refractivity contribution in [2.24, 2.45) is 0 Å². The van der Waals surface area contributed by atoms with E-state index in [2.05, 4.69) is 10.6 Å². The lowest BCUT2D eigenvalue weighted by molar-refractivity contribution is -0.119. The average Bonchev–Trinajstić information content (AvgIpc) is 2.74. The van der Waals surface area contributed by atoms with Crippen molar-refractivity contribution in [3.8, 4) is 0 Å². The first-order chi connectivity index (χ1) is 14.0. The second-order valence-corrected chi connectivity index (χ2v) is 7.84. The first-order valence-corrected chi connectivity index (χ1v) is 10.5. The first-order valence-electron chi connectivity index (χ1n) is 9.76. The van der Waals surface area contributed by atoms with Gasteiger partial charge in [-0.25, -0.2) is 0 Å². The summed E-state index contributed by atoms with van der Waals surface area (Å²) in [7, 11) is 0. The molecule has 2 aromatic carbocycles. The van der Waals surface area contributed by atoms with Crippen LogP contribution in [-0.2, 0) is 11.2 Å². The van der Waals surface area contributed by atoms with Gasteiger partial charge in [-0.3, -0.25) is 9.59 Å². The van der Waals surface area contributed by atoms with Crippen molar-refractivity contribution in [3.05, 3.63) is 64.7 Å². The Morgan fingerprint density at radius 1 is 1.00 bits per heavy atom. The van der Waals surface area contributed by atoms with Gasteiger partial charge in [-0.2, -0.15) is 0 Å². The number of nitrogens with one attached hydrogen (secondary N) is 2. The summed E-state index contributed by atoms with van der Waals surface area (Å²) in [4.78, 5) is 26.5. The fraction of sp³-hybridized carbons (Fsp3) is 0.318. The second kappa shape index (κ2) is 10.4. The Morgan fingerprint density at radius 3 is 2.38 bits per heavy atom. The Labute approximate surface area is 181 Å². The topological polar surface area (TPSA) is 61.4 Å². The Hall–Kier alpha value is -2.44. The zero-order chi connectivity index (χ0) is 20.6. The maximum absolute atomic E-state index is 12.5. The molecule has 3 rings (SSSR count). The number of halogens is 1. The molecule has 0 aliphatic carbocycles. The van der Waals surface area contributed by atoms with E-state index in [4.69, 9.17) is 23.8 Å². The molecule has 1 saturated heterocycles. The van der Waals surface area contributed by atoms with E-state index in [0.29, 0.717) is 17.0 Å². The monoisotopic (exact) mass is 429 g/mol. The normalized spacial score (nSPS) is 13.6. The molecule has 2 aromatic rings. The summed E-state index contributed by atoms with van der Waals surface area (Å²) in [5.74, 6) is -0.119. The van der Waals surface area contributed by atoms with Crippen molar-refractivity contribution in [1.82, 2.24) is 10.2 Å². The number of benzene rings is 2. The third kappa shape index (κ3) is 6.27. The summed E-state index contributed by atoms with van der Waals surface area (Å²) in [6, 6.07) is 14.6. The third-order valence-electron chi connectivity index (χ3n) is 4.87. The van der Waals surface area contributed by atoms with Crippen LogP contribution in [0.2, 0.25) is 5.02 Å². The minimum atomic E-state index is -0.181. The van der Waals surface area contributed by atoms with Crippen LogP contribution in [0.15, 0.2) is 48.5 Å². The summed E-state index contributed by atoms with van der Waals surface area (Å²) >= 11 is 11.3. The number of carbonyl (C=O) groups excluding carboxylic acids is 2. The molecule has 0 bridgehead atoms. The van der Waals surface area contributed by atoms with Crippen molar-refractivity contribution in [3.63, 3.8) is 0 Å². The molecule has 2 N–H and O–H groups in total. The molecule has 0 aromatic heterocycles. The van der Waals surface area contributed by atoms with Gasteiger partial charge in [0.05, 0.1) is 0 Å². The van der Waals surface area contributed by atoms with Crippen LogP contribution in [0, 0.1) is 0 Å². The van der Waals surface area contributed by atoms with Crippen LogP contribution in [0.1, 0.15) is 41.6 Å². The molecular formula is C22H24ClN3O2S. The quantitative estimate of drug-likeness (QED) is 0.691. The van der Waals surface area contributed by atoms with Crippen LogP contribution in [0.5, 0.6) is 0 Å². The molecule has 0 spiro atoms. The van der Waals surface area contributed by atoms with E-state index in [1.165, 1.54) is 6.42 Å². The molecule has 0 radical (unpaired) electrons. The van der Waals surface area contributed by atoms with Gasteiger partial charge in [0.1, 0.15) is 0 Å². The molecule has 1 aliphatic rings. The van der Waals surface area contributed by atoms with Gasteiger partial charge in [0.25, 0.3) is 5.91 Å².